The smallest absolute Gasteiger partial charge is 0.323 e. The fourth-order valence-corrected chi connectivity index (χ4v) is 17.8. The summed E-state index contributed by atoms with van der Waals surface area (Å²) >= 11 is 0. The summed E-state index contributed by atoms with van der Waals surface area (Å²) in [7, 11) is 1.41. The third kappa shape index (κ3) is 53.2. The van der Waals surface area contributed by atoms with E-state index in [9.17, 15) is 80.5 Å². The number of carbonyl (C=O) groups is 4. The Kier molecular flexibility index (Phi) is 71.0. The number of nitrogens with two attached hydrogens (primary N) is 1. The molecule has 19 N–H and O–H groups in total. The van der Waals surface area contributed by atoms with Gasteiger partial charge in [0.05, 0.1) is 25.3 Å². The van der Waals surface area contributed by atoms with E-state index in [2.05, 4.69) is 167 Å². The molecule has 13 atom stereocenters. The topological polar surface area (TPSA) is 458 Å². The van der Waals surface area contributed by atoms with E-state index < -0.39 is 55.3 Å². The van der Waals surface area contributed by atoms with Gasteiger partial charge in [0.1, 0.15) is 6.54 Å². The number of aliphatic hydroxyl groups excluding tert-OH is 7. The molecule has 0 spiro atoms. The van der Waals surface area contributed by atoms with Crippen LogP contribution in [0.15, 0.2) is 182 Å². The summed E-state index contributed by atoms with van der Waals surface area (Å²) < 4.78 is 6.74. The van der Waals surface area contributed by atoms with Gasteiger partial charge < -0.3 is 107 Å². The SMILES string of the molecule is C/C=C(\C)CC(CO)n1cc(/C(=C\C(CC)C/C=C(\C)CCCCCCC)C(O)O)c(C([O-])O)c1.C=CC(C)CCCCCC/C(C)=C/C(C=C)/C(C)=C(/C=O)c1cn(CC(=O)O)cc1C([O-])O.C=CCCC(CC)CCCC/C(C)=C/C/C(CC)=C(/CC[NH2+]C([NH3+])C[NH3+])c1cn(CC(C)O)cc1C([O-])O.C=CCCCn1cc(/C(=C\C(/C=C(\C)CC(C)CCCC)C(C)C)CCNC(=O)C(=O)NC)c(C([O-])O)c1. The van der Waals surface area contributed by atoms with Gasteiger partial charge in [0.2, 0.25) is 0 Å². The van der Waals surface area contributed by atoms with Gasteiger partial charge in [-0.3, -0.25) is 24.5 Å². The zero-order chi connectivity index (χ0) is 109. The lowest BCUT2D eigenvalue weighted by Gasteiger charge is -2.21. The molecular formula is C118H194N9O17-. The van der Waals surface area contributed by atoms with E-state index in [0.717, 1.165) is 131 Å². The van der Waals surface area contributed by atoms with Crippen molar-refractivity contribution in [1.82, 2.24) is 28.9 Å². The highest BCUT2D eigenvalue weighted by molar-refractivity contribution is 6.35. The van der Waals surface area contributed by atoms with Crippen molar-refractivity contribution in [2.45, 2.75) is 393 Å². The van der Waals surface area contributed by atoms with Crippen LogP contribution in [0.5, 0.6) is 0 Å². The van der Waals surface area contributed by atoms with Gasteiger partial charge in [-0.05, 0) is 251 Å². The third-order valence-electron chi connectivity index (χ3n) is 27.1. The van der Waals surface area contributed by atoms with Gasteiger partial charge in [0.15, 0.2) is 19.1 Å². The van der Waals surface area contributed by atoms with E-state index in [-0.39, 0.29) is 77.5 Å². The van der Waals surface area contributed by atoms with E-state index in [1.165, 1.54) is 161 Å². The van der Waals surface area contributed by atoms with Crippen LogP contribution in [-0.4, -0.2) is 140 Å². The number of quaternary nitrogens is 3. The molecule has 4 aromatic heterocycles. The van der Waals surface area contributed by atoms with Crippen LogP contribution in [0.25, 0.3) is 22.3 Å². The van der Waals surface area contributed by atoms with Gasteiger partial charge in [-0.15, -0.1) is 26.3 Å². The Hall–Kier alpha value is -8.78. The summed E-state index contributed by atoms with van der Waals surface area (Å²) in [5.41, 5.74) is 21.7. The quantitative estimate of drug-likeness (QED) is 0.00487. The Balaban J connectivity index is 0.000000961. The van der Waals surface area contributed by atoms with E-state index in [1.54, 1.807) is 43.1 Å². The van der Waals surface area contributed by atoms with E-state index in [0.29, 0.717) is 77.8 Å². The molecule has 0 fully saturated rings. The van der Waals surface area contributed by atoms with Gasteiger partial charge in [0, 0.05) is 136 Å². The number of nitrogens with zero attached hydrogens (tertiary/aromatic N) is 4. The van der Waals surface area contributed by atoms with Crippen molar-refractivity contribution in [3.63, 3.8) is 0 Å². The number of aromatic nitrogens is 4. The van der Waals surface area contributed by atoms with Crippen LogP contribution in [0.2, 0.25) is 0 Å². The first-order valence-electron chi connectivity index (χ1n) is 53.5. The molecule has 0 aliphatic heterocycles. The number of likely N-dealkylation sites (N-methyl/N-ethyl adjacent to an activating group) is 1. The summed E-state index contributed by atoms with van der Waals surface area (Å²) in [5, 5.41) is 144. The van der Waals surface area contributed by atoms with E-state index in [4.69, 9.17) is 5.11 Å². The fraction of sp³-hybridized carbons (Fsp3) is 0.610. The Morgan fingerprint density at radius 2 is 1.13 bits per heavy atom. The standard InChI is InChI=1S/C31H55N4O3.C31H50N3O4.C29H48NO5.C27H38NO5/c1-6-9-13-25(7-2)14-11-10-12-23(4)15-16-26(8-3)27(17-18-34-30(33)19-32)28-21-35(20-24(5)36)22-29(28)31(37)38;1-8-10-12-16-34-20-27(28(21-34)31(37)38)25(14-15-33-30(36)29(35)32-7)19-26(22(3)4)18-24(6)17-23(5)13-11-9-2;1-6-9-10-11-12-13-22(5)14-15-23(8-3)17-25(28(32)33)26-18-30(19-27(26)29(34)35)24(20-31)16-21(4)7-2;1-6-19(3)12-10-8-9-11-13-20(4)14-22(7-2)21(5)25(18-29)23-15-28(17-26(30)31)16-24(23)27(32)33/h6,15,21-22,24-25,30-31,34,36-37H,1,7-14,16-20,32-33H2,2-5H3;8,18-23,26,31,37H,1,9-17H2,2-7H3,(H,32,35)(H,33,36);7,14,17-19,23-24,28-29,31-34H,6,8-13,15-16,20H2,1-5H3;6-7,14-16,18-19,22,27,32H,1-2,8-13,17H2,3-5H3,(H,30,31)/q4*-1/p+3/b23-15+,27-26-;24-18+,25-19-;21-7+,22-14+,25-17+;20-14+,25-21-. The highest BCUT2D eigenvalue weighted by Crippen LogP contribution is 2.38. The predicted octanol–water partition coefficient (Wildman–Crippen LogP) is 16.9. The number of nitrogens with one attached hydrogen (secondary N) is 2. The molecule has 26 heteroatoms. The van der Waals surface area contributed by atoms with Crippen LogP contribution in [0.3, 0.4) is 0 Å². The number of aldehydes is 1. The van der Waals surface area contributed by atoms with Crippen molar-refractivity contribution in [3.05, 3.63) is 226 Å². The number of carboxylic acids is 1. The predicted molar refractivity (Wildman–Crippen MR) is 580 cm³/mol. The highest BCUT2D eigenvalue weighted by Gasteiger charge is 2.26. The summed E-state index contributed by atoms with van der Waals surface area (Å²) in [6.07, 6.45) is 60.3. The number of hydrogen-bond acceptors (Lipinski definition) is 16. The van der Waals surface area contributed by atoms with Gasteiger partial charge in [-0.2, -0.15) is 0 Å². The number of rotatable bonds is 71. The van der Waals surface area contributed by atoms with Crippen LogP contribution in [0.1, 0.15) is 399 Å². The van der Waals surface area contributed by atoms with Gasteiger partial charge in [-0.1, -0.05) is 252 Å². The average Bonchev–Trinajstić information content (AvgIpc) is 1.68. The van der Waals surface area contributed by atoms with Crippen LogP contribution in [0.4, 0.5) is 0 Å². The van der Waals surface area contributed by atoms with E-state index in [1.807, 2.05) is 72.7 Å². The first-order chi connectivity index (χ1) is 68.5. The number of hydrogen-bond donors (Lipinski definition) is 14. The Morgan fingerprint density at radius 3 is 1.67 bits per heavy atom. The van der Waals surface area contributed by atoms with Crippen molar-refractivity contribution < 1.29 is 102 Å². The molecule has 26 nitrogen and oxygen atoms in total. The minimum Gasteiger partial charge on any atom is -0.828 e. The van der Waals surface area contributed by atoms with Crippen LogP contribution in [0, 0.1) is 41.4 Å². The number of aryl methyl sites for hydroxylation is 1. The number of carbonyl (C=O) groups excluding carboxylic acids is 3. The molecule has 0 aromatic carbocycles. The van der Waals surface area contributed by atoms with Crippen LogP contribution >= 0.6 is 0 Å². The summed E-state index contributed by atoms with van der Waals surface area (Å²) in [6, 6.07) is -0.320. The van der Waals surface area contributed by atoms with E-state index >= 15 is 0 Å². The summed E-state index contributed by atoms with van der Waals surface area (Å²) in [5.74, 6) is -0.251. The maximum absolute atomic E-state index is 12.3. The maximum Gasteiger partial charge on any atom is 0.323 e. The van der Waals surface area contributed by atoms with Crippen molar-refractivity contribution in [1.29, 1.82) is 0 Å². The van der Waals surface area contributed by atoms with Crippen molar-refractivity contribution in [3.8, 4) is 0 Å². The molecule has 4 rings (SSSR count). The number of amides is 2. The number of carboxylic acid groups (broad SMARTS) is 1. The van der Waals surface area contributed by atoms with Crippen molar-refractivity contribution in [2.24, 2.45) is 41.4 Å². The molecule has 0 saturated carbocycles. The maximum atomic E-state index is 12.3. The van der Waals surface area contributed by atoms with Crippen LogP contribution < -0.4 is 47.8 Å². The Morgan fingerprint density at radius 1 is 0.562 bits per heavy atom. The van der Waals surface area contributed by atoms with Gasteiger partial charge in [-0.25, -0.2) is 0 Å². The summed E-state index contributed by atoms with van der Waals surface area (Å²) in [6.45, 7) is 53.5. The number of aliphatic hydroxyl groups is 8. The lowest BCUT2D eigenvalue weighted by Crippen LogP contribution is -3.05. The molecule has 0 radical (unpaired) electrons. The van der Waals surface area contributed by atoms with Crippen molar-refractivity contribution in [2.75, 3.05) is 33.3 Å². The lowest BCUT2D eigenvalue weighted by molar-refractivity contribution is -0.826. The molecule has 0 bridgehead atoms. The second-order valence-electron chi connectivity index (χ2n) is 40.1. The second-order valence-corrected chi connectivity index (χ2v) is 40.1. The number of aliphatic carboxylic acids is 1. The number of allylic oxidation sites excluding steroid dienone is 19. The zero-order valence-corrected chi connectivity index (χ0v) is 91.7. The monoisotopic (exact) mass is 2010 g/mol. The zero-order valence-electron chi connectivity index (χ0n) is 91.7. The minimum atomic E-state index is -2.08. The molecule has 0 aliphatic carbocycles. The van der Waals surface area contributed by atoms with Crippen molar-refractivity contribution >= 4 is 46.4 Å². The largest absolute Gasteiger partial charge is 0.828 e. The first kappa shape index (κ1) is 133. The molecule has 144 heavy (non-hydrogen) atoms. The molecule has 814 valence electrons. The second kappa shape index (κ2) is 76.7. The fourth-order valence-electron chi connectivity index (χ4n) is 17.8. The lowest BCUT2D eigenvalue weighted by atomic mass is 9.87. The summed E-state index contributed by atoms with van der Waals surface area (Å²) in [4.78, 5) is 46.7. The highest BCUT2D eigenvalue weighted by atomic mass is 16.5. The Bertz CT molecular complexity index is 4640. The molecule has 13 unspecified atom stereocenters. The Labute approximate surface area is 866 Å². The van der Waals surface area contributed by atoms with Crippen LogP contribution in [-0.2, 0) is 38.8 Å². The first-order valence-corrected chi connectivity index (χ1v) is 53.5. The van der Waals surface area contributed by atoms with Gasteiger partial charge in [0.25, 0.3) is 6.17 Å². The molecule has 0 saturated heterocycles. The normalized spacial score (nSPS) is 15.6. The molecular weight excluding hydrogens is 1820 g/mol. The molecule has 4 aromatic rings. The molecule has 4 heterocycles. The molecule has 2 amide bonds. The average molecular weight is 2010 g/mol. The minimum absolute atomic E-state index is 0.0213. The van der Waals surface area contributed by atoms with Gasteiger partial charge >= 0.3 is 17.8 Å². The number of unbranched alkanes of at least 4 members (excludes halogenated alkanes) is 10. The third-order valence-corrected chi connectivity index (χ3v) is 27.1. The molecule has 0 aliphatic rings.